The number of anilines is 2. The Bertz CT molecular complexity index is 1200. The number of nitrogens with zero attached hydrogens (tertiary/aromatic N) is 4. The van der Waals surface area contributed by atoms with Gasteiger partial charge in [-0.15, -0.1) is 10.2 Å². The zero-order valence-corrected chi connectivity index (χ0v) is 21.1. The Morgan fingerprint density at radius 2 is 1.67 bits per heavy atom. The first-order chi connectivity index (χ1) is 15.6. The number of rotatable bonds is 10. The minimum Gasteiger partial charge on any atom is -0.372 e. The molecule has 1 aromatic heterocycles. The van der Waals surface area contributed by atoms with Crippen LogP contribution in [0.2, 0.25) is 0 Å². The van der Waals surface area contributed by atoms with Crippen LogP contribution in [0.1, 0.15) is 31.1 Å². The van der Waals surface area contributed by atoms with E-state index in [1.54, 1.807) is 24.3 Å². The number of hydrogen-bond donors (Lipinski definition) is 1. The van der Waals surface area contributed by atoms with E-state index in [9.17, 15) is 13.2 Å². The van der Waals surface area contributed by atoms with Gasteiger partial charge in [0.2, 0.25) is 10.0 Å². The minimum absolute atomic E-state index is 0.0703. The molecule has 1 N–H and O–H groups in total. The number of aromatic nitrogens is 3. The molecule has 8 nitrogen and oxygen atoms in total. The largest absolute Gasteiger partial charge is 0.372 e. The van der Waals surface area contributed by atoms with Crippen molar-refractivity contribution in [2.45, 2.75) is 31.2 Å². The highest BCUT2D eigenvalue weighted by molar-refractivity contribution is 8.00. The molecule has 0 amide bonds. The van der Waals surface area contributed by atoms with Crippen molar-refractivity contribution in [3.63, 3.8) is 0 Å². The van der Waals surface area contributed by atoms with Crippen LogP contribution in [-0.2, 0) is 17.1 Å². The van der Waals surface area contributed by atoms with E-state index < -0.39 is 10.0 Å². The molecule has 0 saturated carbocycles. The number of nitrogens with one attached hydrogen (secondary N) is 1. The molecule has 0 fully saturated rings. The fourth-order valence-electron chi connectivity index (χ4n) is 3.44. The molecule has 176 valence electrons. The van der Waals surface area contributed by atoms with Gasteiger partial charge in [-0.1, -0.05) is 11.8 Å². The van der Waals surface area contributed by atoms with E-state index >= 15 is 0 Å². The Labute approximate surface area is 199 Å². The average molecular weight is 488 g/mol. The molecule has 0 aliphatic carbocycles. The van der Waals surface area contributed by atoms with Crippen LogP contribution >= 0.6 is 11.8 Å². The van der Waals surface area contributed by atoms with E-state index in [0.29, 0.717) is 16.4 Å². The molecule has 0 saturated heterocycles. The lowest BCUT2D eigenvalue weighted by Gasteiger charge is -2.21. The van der Waals surface area contributed by atoms with Crippen molar-refractivity contribution in [3.05, 3.63) is 54.1 Å². The standard InChI is InChI=1S/C23H29N5O3S2/c1-6-28(7-2)20-14-10-18(11-15-20)22-24-25-23(27(22)4)32-16(3)21(29)17-8-12-19(13-9-17)26-33(5,30)31/h8-16,26H,6-7H2,1-5H3/t16-/m1/s1. The van der Waals surface area contributed by atoms with Crippen LogP contribution in [0.4, 0.5) is 11.4 Å². The quantitative estimate of drug-likeness (QED) is 0.340. The van der Waals surface area contributed by atoms with Gasteiger partial charge in [0.15, 0.2) is 16.8 Å². The highest BCUT2D eigenvalue weighted by Crippen LogP contribution is 2.28. The van der Waals surface area contributed by atoms with Gasteiger partial charge >= 0.3 is 0 Å². The molecule has 0 aliphatic heterocycles. The van der Waals surface area contributed by atoms with E-state index in [1.165, 1.54) is 11.8 Å². The summed E-state index contributed by atoms with van der Waals surface area (Å²) in [6.07, 6.45) is 1.08. The molecule has 2 aromatic carbocycles. The second-order valence-electron chi connectivity index (χ2n) is 7.66. The van der Waals surface area contributed by atoms with Gasteiger partial charge in [-0.3, -0.25) is 9.52 Å². The minimum atomic E-state index is -3.36. The summed E-state index contributed by atoms with van der Waals surface area (Å²) in [7, 11) is -1.47. The number of thioether (sulfide) groups is 1. The lowest BCUT2D eigenvalue weighted by Crippen LogP contribution is -2.21. The molecule has 0 radical (unpaired) electrons. The summed E-state index contributed by atoms with van der Waals surface area (Å²) in [5, 5.41) is 8.88. The van der Waals surface area contributed by atoms with Crippen LogP contribution in [0.15, 0.2) is 53.7 Å². The van der Waals surface area contributed by atoms with E-state index in [4.69, 9.17) is 0 Å². The number of ketones is 1. The Morgan fingerprint density at radius 3 is 2.21 bits per heavy atom. The first-order valence-corrected chi connectivity index (χ1v) is 13.4. The fraction of sp³-hybridized carbons (Fsp3) is 0.348. The molecule has 1 atom stereocenters. The van der Waals surface area contributed by atoms with Gasteiger partial charge in [0, 0.05) is 42.6 Å². The SMILES string of the molecule is CCN(CC)c1ccc(-c2nnc(S[C@H](C)C(=O)c3ccc(NS(C)(=O)=O)cc3)n2C)cc1. The summed E-state index contributed by atoms with van der Waals surface area (Å²) in [4.78, 5) is 15.1. The van der Waals surface area contributed by atoms with E-state index in [0.717, 1.165) is 36.4 Å². The molecule has 10 heteroatoms. The third kappa shape index (κ3) is 6.14. The number of hydrogen-bond acceptors (Lipinski definition) is 7. The summed E-state index contributed by atoms with van der Waals surface area (Å²) in [5.41, 5.74) is 3.04. The van der Waals surface area contributed by atoms with Gasteiger partial charge in [0.1, 0.15) is 0 Å². The van der Waals surface area contributed by atoms with Crippen molar-refractivity contribution in [2.75, 3.05) is 29.0 Å². The van der Waals surface area contributed by atoms with E-state index in [2.05, 4.69) is 45.8 Å². The Balaban J connectivity index is 1.71. The van der Waals surface area contributed by atoms with Crippen molar-refractivity contribution in [1.82, 2.24) is 14.8 Å². The maximum atomic E-state index is 12.9. The average Bonchev–Trinajstić information content (AvgIpc) is 3.14. The number of carbonyl (C=O) groups excluding carboxylic acids is 1. The number of sulfonamides is 1. The van der Waals surface area contributed by atoms with Crippen molar-refractivity contribution < 1.29 is 13.2 Å². The van der Waals surface area contributed by atoms with Crippen molar-refractivity contribution in [3.8, 4) is 11.4 Å². The molecule has 3 rings (SSSR count). The van der Waals surface area contributed by atoms with Crippen LogP contribution < -0.4 is 9.62 Å². The lowest BCUT2D eigenvalue weighted by atomic mass is 10.1. The van der Waals surface area contributed by atoms with Crippen LogP contribution in [0.25, 0.3) is 11.4 Å². The predicted molar refractivity (Wildman–Crippen MR) is 135 cm³/mol. The smallest absolute Gasteiger partial charge is 0.229 e. The van der Waals surface area contributed by atoms with Crippen LogP contribution in [0, 0.1) is 0 Å². The van der Waals surface area contributed by atoms with Gasteiger partial charge in [0.25, 0.3) is 0 Å². The zero-order valence-electron chi connectivity index (χ0n) is 19.4. The van der Waals surface area contributed by atoms with Gasteiger partial charge in [0.05, 0.1) is 11.5 Å². The number of benzene rings is 2. The summed E-state index contributed by atoms with van der Waals surface area (Å²) in [6.45, 7) is 7.98. The first kappa shape index (κ1) is 24.8. The van der Waals surface area contributed by atoms with Gasteiger partial charge in [-0.25, -0.2) is 8.42 Å². The summed E-state index contributed by atoms with van der Waals surface area (Å²) in [6, 6.07) is 14.6. The molecule has 3 aromatic rings. The zero-order chi connectivity index (χ0) is 24.2. The maximum absolute atomic E-state index is 12.9. The molecule has 0 unspecified atom stereocenters. The molecule has 0 bridgehead atoms. The summed E-state index contributed by atoms with van der Waals surface area (Å²) < 4.78 is 27.0. The third-order valence-electron chi connectivity index (χ3n) is 5.21. The van der Waals surface area contributed by atoms with Crippen molar-refractivity contribution >= 4 is 38.9 Å². The fourth-order valence-corrected chi connectivity index (χ4v) is 4.90. The van der Waals surface area contributed by atoms with Crippen LogP contribution in [0.5, 0.6) is 0 Å². The van der Waals surface area contributed by atoms with Gasteiger partial charge < -0.3 is 9.47 Å². The van der Waals surface area contributed by atoms with Gasteiger partial charge in [-0.2, -0.15) is 0 Å². The molecule has 1 heterocycles. The molecule has 0 aliphatic rings. The molecule has 33 heavy (non-hydrogen) atoms. The number of Topliss-reactive ketones (excluding diaryl/α,β-unsaturated/α-hetero) is 1. The Morgan fingerprint density at radius 1 is 1.06 bits per heavy atom. The summed E-state index contributed by atoms with van der Waals surface area (Å²) >= 11 is 1.34. The molecular formula is C23H29N5O3S2. The first-order valence-electron chi connectivity index (χ1n) is 10.7. The van der Waals surface area contributed by atoms with Gasteiger partial charge in [-0.05, 0) is 69.3 Å². The Kier molecular flexibility index (Phi) is 7.80. The Hall–Kier alpha value is -2.85. The highest BCUT2D eigenvalue weighted by atomic mass is 32.2. The van der Waals surface area contributed by atoms with E-state index in [1.807, 2.05) is 30.7 Å². The molecule has 0 spiro atoms. The molecular weight excluding hydrogens is 458 g/mol. The maximum Gasteiger partial charge on any atom is 0.229 e. The monoisotopic (exact) mass is 487 g/mol. The van der Waals surface area contributed by atoms with Crippen molar-refractivity contribution in [1.29, 1.82) is 0 Å². The van der Waals surface area contributed by atoms with E-state index in [-0.39, 0.29) is 11.0 Å². The second kappa shape index (κ2) is 10.4. The third-order valence-corrected chi connectivity index (χ3v) is 6.95. The topological polar surface area (TPSA) is 97.2 Å². The van der Waals surface area contributed by atoms with Crippen LogP contribution in [0.3, 0.4) is 0 Å². The second-order valence-corrected chi connectivity index (χ2v) is 10.7. The summed E-state index contributed by atoms with van der Waals surface area (Å²) in [5.74, 6) is 0.665. The van der Waals surface area contributed by atoms with Crippen LogP contribution in [-0.4, -0.2) is 53.6 Å². The highest BCUT2D eigenvalue weighted by Gasteiger charge is 2.21. The lowest BCUT2D eigenvalue weighted by molar-refractivity contribution is 0.0994. The normalized spacial score (nSPS) is 12.4. The number of carbonyl (C=O) groups is 1. The predicted octanol–water partition coefficient (Wildman–Crippen LogP) is 4.06. The van der Waals surface area contributed by atoms with Crippen molar-refractivity contribution in [2.24, 2.45) is 7.05 Å².